The van der Waals surface area contributed by atoms with Crippen molar-refractivity contribution in [3.63, 3.8) is 0 Å². The molecule has 0 spiro atoms. The summed E-state index contributed by atoms with van der Waals surface area (Å²) >= 11 is 0. The minimum atomic E-state index is 0.0285. The van der Waals surface area contributed by atoms with Gasteiger partial charge in [0.15, 0.2) is 0 Å². The highest BCUT2D eigenvalue weighted by Crippen LogP contribution is 2.47. The second-order valence-corrected chi connectivity index (χ2v) is 7.10. The van der Waals surface area contributed by atoms with Gasteiger partial charge in [0.25, 0.3) is 0 Å². The van der Waals surface area contributed by atoms with E-state index < -0.39 is 0 Å². The molecule has 4 heteroatoms. The van der Waals surface area contributed by atoms with Crippen molar-refractivity contribution in [2.45, 2.75) is 20.0 Å². The average molecular weight is 364 g/mol. The summed E-state index contributed by atoms with van der Waals surface area (Å²) < 4.78 is 0. The van der Waals surface area contributed by atoms with Gasteiger partial charge in [-0.2, -0.15) is 10.5 Å². The van der Waals surface area contributed by atoms with Crippen LogP contribution < -0.4 is 9.80 Å². The molecule has 0 amide bonds. The number of rotatable bonds is 2. The molecule has 136 valence electrons. The lowest BCUT2D eigenvalue weighted by Crippen LogP contribution is -2.36. The van der Waals surface area contributed by atoms with Gasteiger partial charge in [0.2, 0.25) is 0 Å². The third-order valence-corrected chi connectivity index (χ3v) is 5.46. The molecule has 4 nitrogen and oxygen atoms in total. The number of aryl methyl sites for hydroxylation is 1. The normalized spacial score (nSPS) is 15.1. The minimum Gasteiger partial charge on any atom is -0.351 e. The van der Waals surface area contributed by atoms with Crippen molar-refractivity contribution in [1.29, 1.82) is 10.5 Å². The zero-order valence-electron chi connectivity index (χ0n) is 16.1. The fraction of sp³-hybridized carbons (Fsp3) is 0.167. The van der Waals surface area contributed by atoms with Crippen LogP contribution >= 0.6 is 0 Å². The Kier molecular flexibility index (Phi) is 4.26. The second-order valence-electron chi connectivity index (χ2n) is 7.10. The number of hydrogen-bond donors (Lipinski definition) is 0. The molecule has 28 heavy (non-hydrogen) atoms. The van der Waals surface area contributed by atoms with Crippen LogP contribution in [0.4, 0.5) is 17.1 Å². The molecule has 4 rings (SSSR count). The third-order valence-electron chi connectivity index (χ3n) is 5.46. The van der Waals surface area contributed by atoms with Crippen LogP contribution in [-0.2, 0) is 0 Å². The fourth-order valence-electron chi connectivity index (χ4n) is 3.89. The zero-order chi connectivity index (χ0) is 19.8. The summed E-state index contributed by atoms with van der Waals surface area (Å²) in [5.74, 6) is 0. The maximum atomic E-state index is 9.63. The van der Waals surface area contributed by atoms with E-state index in [1.165, 1.54) is 0 Å². The average Bonchev–Trinajstić information content (AvgIpc) is 2.98. The van der Waals surface area contributed by atoms with Crippen molar-refractivity contribution in [1.82, 2.24) is 0 Å². The molecule has 1 atom stereocenters. The predicted octanol–water partition coefficient (Wildman–Crippen LogP) is 5.34. The highest BCUT2D eigenvalue weighted by molar-refractivity contribution is 5.89. The predicted molar refractivity (Wildman–Crippen MR) is 112 cm³/mol. The summed E-state index contributed by atoms with van der Waals surface area (Å²) in [5, 5.41) is 19.1. The first-order valence-electron chi connectivity index (χ1n) is 9.21. The van der Waals surface area contributed by atoms with Gasteiger partial charge in [0, 0.05) is 12.7 Å². The molecule has 0 saturated carbocycles. The van der Waals surface area contributed by atoms with Crippen LogP contribution in [0.5, 0.6) is 0 Å². The van der Waals surface area contributed by atoms with Gasteiger partial charge in [0.05, 0.1) is 28.6 Å². The largest absolute Gasteiger partial charge is 0.351 e. The zero-order valence-corrected chi connectivity index (χ0v) is 16.1. The van der Waals surface area contributed by atoms with Crippen molar-refractivity contribution < 1.29 is 0 Å². The first-order valence-corrected chi connectivity index (χ1v) is 9.21. The van der Waals surface area contributed by atoms with E-state index in [4.69, 9.17) is 0 Å². The lowest BCUT2D eigenvalue weighted by atomic mass is 10.0. The second kappa shape index (κ2) is 6.76. The lowest BCUT2D eigenvalue weighted by Gasteiger charge is -2.29. The molecule has 0 unspecified atom stereocenters. The summed E-state index contributed by atoms with van der Waals surface area (Å²) in [6.45, 7) is 4.20. The van der Waals surface area contributed by atoms with Gasteiger partial charge < -0.3 is 9.80 Å². The molecular formula is C24H20N4. The van der Waals surface area contributed by atoms with E-state index in [0.717, 1.165) is 33.8 Å². The standard InChI is InChI=1S/C24H20N4/c1-16-9-10-20(19-7-5-4-6-8-19)13-22(16)28-17(2)27(3)24-21(15-26)11-18(14-25)12-23(24)28/h4-13,17H,1-3H3/t17-/m0/s1. The van der Waals surface area contributed by atoms with E-state index in [2.05, 4.69) is 66.1 Å². The SMILES string of the molecule is Cc1ccc(-c2ccccc2)cc1N1c2cc(C#N)cc(C#N)c2N(C)[C@@H]1C. The monoisotopic (exact) mass is 364 g/mol. The number of anilines is 3. The van der Waals surface area contributed by atoms with Crippen LogP contribution in [-0.4, -0.2) is 13.2 Å². The Morgan fingerprint density at radius 1 is 0.857 bits per heavy atom. The van der Waals surface area contributed by atoms with Gasteiger partial charge in [-0.25, -0.2) is 0 Å². The van der Waals surface area contributed by atoms with Gasteiger partial charge >= 0.3 is 0 Å². The summed E-state index contributed by atoms with van der Waals surface area (Å²) in [4.78, 5) is 4.32. The molecule has 1 aliphatic rings. The summed E-state index contributed by atoms with van der Waals surface area (Å²) in [6, 6.07) is 24.7. The van der Waals surface area contributed by atoms with Gasteiger partial charge in [-0.05, 0) is 48.7 Å². The van der Waals surface area contributed by atoms with E-state index >= 15 is 0 Å². The highest BCUT2D eigenvalue weighted by Gasteiger charge is 2.35. The molecule has 1 heterocycles. The first-order chi connectivity index (χ1) is 13.5. The van der Waals surface area contributed by atoms with Crippen LogP contribution in [0, 0.1) is 29.6 Å². The molecular weight excluding hydrogens is 344 g/mol. The summed E-state index contributed by atoms with van der Waals surface area (Å²) in [7, 11) is 1.99. The van der Waals surface area contributed by atoms with Crippen molar-refractivity contribution >= 4 is 17.1 Å². The first kappa shape index (κ1) is 17.6. The van der Waals surface area contributed by atoms with Crippen LogP contribution in [0.2, 0.25) is 0 Å². The maximum Gasteiger partial charge on any atom is 0.103 e. The number of benzene rings is 3. The fourth-order valence-corrected chi connectivity index (χ4v) is 3.89. The van der Waals surface area contributed by atoms with E-state index in [-0.39, 0.29) is 6.17 Å². The van der Waals surface area contributed by atoms with Gasteiger partial charge in [-0.3, -0.25) is 0 Å². The highest BCUT2D eigenvalue weighted by atomic mass is 15.4. The van der Waals surface area contributed by atoms with Gasteiger partial charge in [-0.1, -0.05) is 42.5 Å². The minimum absolute atomic E-state index is 0.0285. The molecule has 0 N–H and O–H groups in total. The molecule has 3 aromatic carbocycles. The van der Waals surface area contributed by atoms with Crippen molar-refractivity contribution in [2.75, 3.05) is 16.8 Å². The molecule has 0 bridgehead atoms. The Hall–Kier alpha value is -3.76. The topological polar surface area (TPSA) is 54.1 Å². The molecule has 0 fully saturated rings. The quantitative estimate of drug-likeness (QED) is 0.616. The van der Waals surface area contributed by atoms with E-state index in [9.17, 15) is 10.5 Å². The van der Waals surface area contributed by atoms with Gasteiger partial charge in [0.1, 0.15) is 12.2 Å². The van der Waals surface area contributed by atoms with Crippen LogP contribution in [0.1, 0.15) is 23.6 Å². The van der Waals surface area contributed by atoms with E-state index in [0.29, 0.717) is 11.1 Å². The Morgan fingerprint density at radius 2 is 1.61 bits per heavy atom. The number of nitriles is 2. The molecule has 1 aliphatic heterocycles. The number of nitrogens with zero attached hydrogens (tertiary/aromatic N) is 4. The van der Waals surface area contributed by atoms with Crippen LogP contribution in [0.3, 0.4) is 0 Å². The third kappa shape index (κ3) is 2.68. The Bertz CT molecular complexity index is 1140. The maximum absolute atomic E-state index is 9.63. The lowest BCUT2D eigenvalue weighted by molar-refractivity contribution is 0.732. The molecule has 0 aromatic heterocycles. The van der Waals surface area contributed by atoms with Crippen molar-refractivity contribution in [3.05, 3.63) is 77.4 Å². The van der Waals surface area contributed by atoms with Crippen molar-refractivity contribution in [2.24, 2.45) is 0 Å². The Labute approximate surface area is 165 Å². The Morgan fingerprint density at radius 3 is 2.29 bits per heavy atom. The molecule has 3 aromatic rings. The van der Waals surface area contributed by atoms with Crippen LogP contribution in [0.25, 0.3) is 11.1 Å². The number of hydrogen-bond acceptors (Lipinski definition) is 4. The molecule has 0 aliphatic carbocycles. The van der Waals surface area contributed by atoms with E-state index in [1.807, 2.05) is 31.3 Å². The van der Waals surface area contributed by atoms with Crippen molar-refractivity contribution in [3.8, 4) is 23.3 Å². The Balaban J connectivity index is 1.92. The van der Waals surface area contributed by atoms with Gasteiger partial charge in [-0.15, -0.1) is 0 Å². The molecule has 0 radical (unpaired) electrons. The summed E-state index contributed by atoms with van der Waals surface area (Å²) in [6.07, 6.45) is 0.0285. The smallest absolute Gasteiger partial charge is 0.103 e. The number of fused-ring (bicyclic) bond motifs is 1. The van der Waals surface area contributed by atoms with Crippen LogP contribution in [0.15, 0.2) is 60.7 Å². The van der Waals surface area contributed by atoms with E-state index in [1.54, 1.807) is 6.07 Å². The molecule has 0 saturated heterocycles. The summed E-state index contributed by atoms with van der Waals surface area (Å²) in [5.41, 5.74) is 7.33.